The van der Waals surface area contributed by atoms with E-state index >= 15 is 0 Å². The Balaban J connectivity index is 1.66. The molecule has 1 heteroatoms. The van der Waals surface area contributed by atoms with Crippen molar-refractivity contribution >= 4 is 33.1 Å². The third-order valence-electron chi connectivity index (χ3n) is 6.77. The van der Waals surface area contributed by atoms with Gasteiger partial charge in [0.1, 0.15) is 0 Å². The first-order valence-corrected chi connectivity index (χ1v) is 10.7. The van der Waals surface area contributed by atoms with Crippen molar-refractivity contribution in [1.82, 2.24) is 0 Å². The molecule has 0 spiro atoms. The van der Waals surface area contributed by atoms with Crippen LogP contribution >= 0.6 is 11.3 Å². The molecular formula is C26H26S. The second-order valence-corrected chi connectivity index (χ2v) is 10.1. The van der Waals surface area contributed by atoms with E-state index in [-0.39, 0.29) is 5.41 Å². The van der Waals surface area contributed by atoms with Gasteiger partial charge in [0.05, 0.1) is 0 Å². The summed E-state index contributed by atoms with van der Waals surface area (Å²) in [5.74, 6) is 0.437. The number of thiophene rings is 1. The van der Waals surface area contributed by atoms with Crippen LogP contribution in [0.15, 0.2) is 48.0 Å². The molecule has 5 rings (SSSR count). The molecule has 0 nitrogen and oxygen atoms in total. The third kappa shape index (κ3) is 2.34. The molecule has 136 valence electrons. The number of hydrogen-bond donors (Lipinski definition) is 0. The third-order valence-corrected chi connectivity index (χ3v) is 7.94. The lowest BCUT2D eigenvalue weighted by molar-refractivity contribution is 0.448. The zero-order chi connectivity index (χ0) is 18.9. The van der Waals surface area contributed by atoms with Crippen molar-refractivity contribution in [3.63, 3.8) is 0 Å². The van der Waals surface area contributed by atoms with Crippen molar-refractivity contribution in [1.29, 1.82) is 0 Å². The van der Waals surface area contributed by atoms with Crippen LogP contribution in [0, 0.1) is 19.3 Å². The van der Waals surface area contributed by atoms with E-state index < -0.39 is 0 Å². The Hall–Kier alpha value is -2.12. The lowest BCUT2D eigenvalue weighted by Gasteiger charge is -2.35. The minimum Gasteiger partial charge on any atom is -0.140 e. The molecule has 0 N–H and O–H groups in total. The van der Waals surface area contributed by atoms with Gasteiger partial charge in [-0.2, -0.15) is 0 Å². The van der Waals surface area contributed by atoms with Crippen LogP contribution in [0.25, 0.3) is 21.7 Å². The Kier molecular flexibility index (Phi) is 3.58. The number of benzene rings is 2. The van der Waals surface area contributed by atoms with Gasteiger partial charge in [0, 0.05) is 20.9 Å². The summed E-state index contributed by atoms with van der Waals surface area (Å²) in [6.45, 7) is 11.7. The predicted molar refractivity (Wildman–Crippen MR) is 120 cm³/mol. The lowest BCUT2D eigenvalue weighted by Crippen LogP contribution is -2.22. The van der Waals surface area contributed by atoms with E-state index in [1.807, 2.05) is 11.3 Å². The van der Waals surface area contributed by atoms with Gasteiger partial charge >= 0.3 is 0 Å². The maximum absolute atomic E-state index is 2.48. The summed E-state index contributed by atoms with van der Waals surface area (Å²) in [4.78, 5) is 1.45. The quantitative estimate of drug-likeness (QED) is 0.434. The Labute approximate surface area is 166 Å². The molecule has 0 saturated carbocycles. The van der Waals surface area contributed by atoms with Gasteiger partial charge in [0.2, 0.25) is 0 Å². The number of aryl methyl sites for hydroxylation is 2. The number of fused-ring (bicyclic) bond motifs is 3. The molecule has 2 aliphatic carbocycles. The fourth-order valence-electron chi connectivity index (χ4n) is 5.35. The van der Waals surface area contributed by atoms with Crippen LogP contribution in [-0.4, -0.2) is 0 Å². The van der Waals surface area contributed by atoms with E-state index in [9.17, 15) is 0 Å². The molecule has 0 amide bonds. The summed E-state index contributed by atoms with van der Waals surface area (Å²) in [7, 11) is 0. The SMILES string of the molecule is CC1=C(C(C)(C)C2C=Cc3ccccc32)c2cc3sc(C)c(C)c3cc2C1. The maximum atomic E-state index is 2.48. The summed E-state index contributed by atoms with van der Waals surface area (Å²) in [6.07, 6.45) is 5.82. The van der Waals surface area contributed by atoms with Gasteiger partial charge < -0.3 is 0 Å². The molecule has 1 atom stereocenters. The van der Waals surface area contributed by atoms with Gasteiger partial charge in [-0.3, -0.25) is 0 Å². The molecule has 0 fully saturated rings. The molecule has 27 heavy (non-hydrogen) atoms. The molecular weight excluding hydrogens is 344 g/mol. The molecule has 2 aromatic carbocycles. The fraction of sp³-hybridized carbons (Fsp3) is 0.308. The van der Waals surface area contributed by atoms with Crippen LogP contribution in [0.2, 0.25) is 0 Å². The minimum atomic E-state index is 0.0768. The predicted octanol–water partition coefficient (Wildman–Crippen LogP) is 7.68. The molecule has 1 heterocycles. The van der Waals surface area contributed by atoms with Gasteiger partial charge in [0.15, 0.2) is 0 Å². The first-order chi connectivity index (χ1) is 12.9. The zero-order valence-corrected chi connectivity index (χ0v) is 17.6. The number of allylic oxidation sites excluding steroid dienone is 3. The van der Waals surface area contributed by atoms with Crippen molar-refractivity contribution in [2.24, 2.45) is 5.41 Å². The molecule has 0 radical (unpaired) electrons. The topological polar surface area (TPSA) is 0 Å². The van der Waals surface area contributed by atoms with Gasteiger partial charge in [-0.1, -0.05) is 55.8 Å². The van der Waals surface area contributed by atoms with E-state index in [4.69, 9.17) is 0 Å². The monoisotopic (exact) mass is 370 g/mol. The Morgan fingerprint density at radius 2 is 1.81 bits per heavy atom. The van der Waals surface area contributed by atoms with Gasteiger partial charge in [-0.15, -0.1) is 11.3 Å². The molecule has 0 bridgehead atoms. The lowest BCUT2D eigenvalue weighted by atomic mass is 9.68. The number of hydrogen-bond acceptors (Lipinski definition) is 1. The normalized spacial score (nSPS) is 18.5. The van der Waals surface area contributed by atoms with Crippen molar-refractivity contribution in [3.05, 3.63) is 80.7 Å². The van der Waals surface area contributed by atoms with Crippen LogP contribution in [0.4, 0.5) is 0 Å². The second kappa shape index (κ2) is 5.69. The Morgan fingerprint density at radius 3 is 2.63 bits per heavy atom. The smallest absolute Gasteiger partial charge is 0.0354 e. The van der Waals surface area contributed by atoms with Crippen LogP contribution in [0.5, 0.6) is 0 Å². The van der Waals surface area contributed by atoms with E-state index in [0.29, 0.717) is 5.92 Å². The van der Waals surface area contributed by atoms with Crippen LogP contribution in [0.3, 0.4) is 0 Å². The summed E-state index contributed by atoms with van der Waals surface area (Å²) < 4.78 is 1.44. The summed E-state index contributed by atoms with van der Waals surface area (Å²) in [5.41, 5.74) is 10.5. The minimum absolute atomic E-state index is 0.0768. The number of rotatable bonds is 2. The molecule has 1 aromatic heterocycles. The van der Waals surface area contributed by atoms with E-state index in [2.05, 4.69) is 83.2 Å². The highest BCUT2D eigenvalue weighted by Crippen LogP contribution is 2.54. The largest absolute Gasteiger partial charge is 0.140 e. The highest BCUT2D eigenvalue weighted by atomic mass is 32.1. The Bertz CT molecular complexity index is 1150. The van der Waals surface area contributed by atoms with Gasteiger partial charge in [-0.25, -0.2) is 0 Å². The summed E-state index contributed by atoms with van der Waals surface area (Å²) >= 11 is 1.94. The van der Waals surface area contributed by atoms with Crippen LogP contribution in [-0.2, 0) is 6.42 Å². The van der Waals surface area contributed by atoms with Crippen molar-refractivity contribution < 1.29 is 0 Å². The second-order valence-electron chi connectivity index (χ2n) is 8.81. The standard InChI is InChI=1S/C26H26S/c1-15-12-19-13-21-16(2)17(3)27-24(21)14-22(19)25(15)26(4,5)23-11-10-18-8-6-7-9-20(18)23/h6-11,13-14,23H,12H2,1-5H3. The van der Waals surface area contributed by atoms with Crippen molar-refractivity contribution in [3.8, 4) is 0 Å². The average molecular weight is 371 g/mol. The average Bonchev–Trinajstić information content (AvgIpc) is 3.27. The van der Waals surface area contributed by atoms with Gasteiger partial charge in [0.25, 0.3) is 0 Å². The highest BCUT2D eigenvalue weighted by Gasteiger charge is 2.39. The molecule has 0 saturated heterocycles. The van der Waals surface area contributed by atoms with Gasteiger partial charge in [-0.05, 0) is 78.1 Å². The summed E-state index contributed by atoms with van der Waals surface area (Å²) in [5, 5.41) is 1.45. The molecule has 3 aromatic rings. The first kappa shape index (κ1) is 17.0. The fourth-order valence-corrected chi connectivity index (χ4v) is 6.44. The van der Waals surface area contributed by atoms with E-state index in [1.165, 1.54) is 42.8 Å². The zero-order valence-electron chi connectivity index (χ0n) is 16.8. The molecule has 0 aliphatic heterocycles. The van der Waals surface area contributed by atoms with E-state index in [0.717, 1.165) is 6.42 Å². The van der Waals surface area contributed by atoms with E-state index in [1.54, 1.807) is 11.1 Å². The van der Waals surface area contributed by atoms with Crippen molar-refractivity contribution in [2.45, 2.75) is 47.0 Å². The summed E-state index contributed by atoms with van der Waals surface area (Å²) in [6, 6.07) is 13.8. The Morgan fingerprint density at radius 1 is 1.04 bits per heavy atom. The highest BCUT2D eigenvalue weighted by molar-refractivity contribution is 7.19. The van der Waals surface area contributed by atoms with Crippen molar-refractivity contribution in [2.75, 3.05) is 0 Å². The van der Waals surface area contributed by atoms with Crippen LogP contribution < -0.4 is 0 Å². The molecule has 2 aliphatic rings. The maximum Gasteiger partial charge on any atom is 0.0354 e. The molecule has 1 unspecified atom stereocenters. The first-order valence-electron chi connectivity index (χ1n) is 9.88. The van der Waals surface area contributed by atoms with Crippen LogP contribution in [0.1, 0.15) is 59.4 Å².